The number of ketones is 2. The summed E-state index contributed by atoms with van der Waals surface area (Å²) in [6, 6.07) is 0. The minimum atomic E-state index is -2.18. The molecule has 0 aromatic carbocycles. The molecule has 236 valence electrons. The van der Waals surface area contributed by atoms with E-state index in [1.807, 2.05) is 13.8 Å². The molecule has 7 aliphatic rings. The van der Waals surface area contributed by atoms with Crippen molar-refractivity contribution in [1.29, 1.82) is 0 Å². The van der Waals surface area contributed by atoms with Crippen LogP contribution in [0.2, 0.25) is 0 Å². The molecular formula is C31H40O12. The van der Waals surface area contributed by atoms with E-state index in [9.17, 15) is 34.5 Å². The molecule has 0 unspecified atom stereocenters. The van der Waals surface area contributed by atoms with E-state index in [0.717, 1.165) is 11.1 Å². The van der Waals surface area contributed by atoms with Gasteiger partial charge in [0.2, 0.25) is 11.6 Å². The van der Waals surface area contributed by atoms with Crippen LogP contribution >= 0.6 is 0 Å². The largest absolute Gasteiger partial charge is 0.466 e. The van der Waals surface area contributed by atoms with Gasteiger partial charge in [-0.1, -0.05) is 6.92 Å². The van der Waals surface area contributed by atoms with Crippen LogP contribution in [0.25, 0.3) is 0 Å². The first-order valence-electron chi connectivity index (χ1n) is 15.2. The first-order chi connectivity index (χ1) is 19.9. The highest BCUT2D eigenvalue weighted by Crippen LogP contribution is 2.70. The maximum absolute atomic E-state index is 14.8. The van der Waals surface area contributed by atoms with E-state index in [-0.39, 0.29) is 38.7 Å². The predicted molar refractivity (Wildman–Crippen MR) is 143 cm³/mol. The summed E-state index contributed by atoms with van der Waals surface area (Å²) in [5.41, 5.74) is -6.15. The number of rotatable bonds is 3. The molecular weight excluding hydrogens is 564 g/mol. The zero-order valence-electron chi connectivity index (χ0n) is 25.3. The van der Waals surface area contributed by atoms with Crippen LogP contribution in [0.3, 0.4) is 0 Å². The maximum atomic E-state index is 14.8. The van der Waals surface area contributed by atoms with E-state index >= 15 is 0 Å². The Labute approximate surface area is 249 Å². The summed E-state index contributed by atoms with van der Waals surface area (Å²) in [5, 5.41) is 34.7. The molecule has 0 amide bonds. The first-order valence-corrected chi connectivity index (χ1v) is 15.2. The fraction of sp³-hybridized carbons (Fsp3) is 0.806. The number of hydrogen-bond donors (Lipinski definition) is 3. The van der Waals surface area contributed by atoms with Gasteiger partial charge in [0.05, 0.1) is 42.4 Å². The van der Waals surface area contributed by atoms with Crippen LogP contribution in [0.4, 0.5) is 0 Å². The predicted octanol–water partition coefficient (Wildman–Crippen LogP) is 0.660. The highest BCUT2D eigenvalue weighted by atomic mass is 16.7. The molecule has 43 heavy (non-hydrogen) atoms. The molecule has 3 N–H and O–H groups in total. The summed E-state index contributed by atoms with van der Waals surface area (Å²) in [7, 11) is 0. The fourth-order valence-electron chi connectivity index (χ4n) is 9.94. The van der Waals surface area contributed by atoms with E-state index < -0.39 is 99.3 Å². The molecule has 12 nitrogen and oxygen atoms in total. The second kappa shape index (κ2) is 8.52. The van der Waals surface area contributed by atoms with Crippen molar-refractivity contribution in [2.45, 2.75) is 126 Å². The number of hydrogen-bond acceptors (Lipinski definition) is 12. The van der Waals surface area contributed by atoms with Gasteiger partial charge in [0.15, 0.2) is 11.4 Å². The van der Waals surface area contributed by atoms with E-state index in [1.54, 1.807) is 13.8 Å². The minimum Gasteiger partial charge on any atom is -0.466 e. The average molecular weight is 605 g/mol. The van der Waals surface area contributed by atoms with Crippen LogP contribution in [-0.2, 0) is 42.9 Å². The number of esters is 2. The van der Waals surface area contributed by atoms with Crippen LogP contribution in [-0.4, -0.2) is 98.0 Å². The van der Waals surface area contributed by atoms with Gasteiger partial charge in [-0.15, -0.1) is 0 Å². The Morgan fingerprint density at radius 1 is 1.02 bits per heavy atom. The van der Waals surface area contributed by atoms with Crippen molar-refractivity contribution in [2.24, 2.45) is 23.2 Å². The Bertz CT molecular complexity index is 1380. The van der Waals surface area contributed by atoms with E-state index in [1.165, 1.54) is 13.8 Å². The quantitative estimate of drug-likeness (QED) is 0.304. The van der Waals surface area contributed by atoms with Gasteiger partial charge in [0, 0.05) is 23.7 Å². The average Bonchev–Trinajstić information content (AvgIpc) is 3.35. The topological polar surface area (TPSA) is 175 Å². The highest BCUT2D eigenvalue weighted by Gasteiger charge is 2.85. The van der Waals surface area contributed by atoms with Crippen molar-refractivity contribution >= 4 is 23.5 Å². The number of aliphatic hydroxyl groups is 3. The van der Waals surface area contributed by atoms with Crippen LogP contribution in [0, 0.1) is 23.2 Å². The first kappa shape index (κ1) is 29.5. The molecule has 2 bridgehead atoms. The van der Waals surface area contributed by atoms with Crippen LogP contribution < -0.4 is 0 Å². The molecule has 0 aromatic rings. The third-order valence-electron chi connectivity index (χ3n) is 11.7. The van der Waals surface area contributed by atoms with Crippen LogP contribution in [0.1, 0.15) is 73.6 Å². The van der Waals surface area contributed by atoms with Crippen molar-refractivity contribution in [3.05, 3.63) is 11.1 Å². The lowest BCUT2D eigenvalue weighted by atomic mass is 9.60. The number of Topliss-reactive ketones (excluding diaryl/α,β-unsaturated/α-hetero) is 2. The summed E-state index contributed by atoms with van der Waals surface area (Å²) < 4.78 is 30.4. The summed E-state index contributed by atoms with van der Waals surface area (Å²) >= 11 is 0. The third kappa shape index (κ3) is 3.42. The van der Waals surface area contributed by atoms with Gasteiger partial charge in [-0.2, -0.15) is 0 Å². The second-order valence-electron chi connectivity index (χ2n) is 14.7. The standard InChI is InChI=1S/C31H40O12/c1-7-39-17(33)11-16-13-12-30-9-8-27(4)21-19(28(5,37)24(27)35)20-23(29(6,38)25(36)40-20)42-31(21,43-30)22(34)18(30)15(32)10-14(13)26(2,3)41-16/h15-16,18-21,23,32,37-38H,7-12H2,1-6H3/t15-,16+,18-,19+,20+,21-,23-,27-,28+,29+,30-,31-/m0/s1. The normalized spacial score (nSPS) is 52.6. The zero-order valence-corrected chi connectivity index (χ0v) is 25.3. The van der Waals surface area contributed by atoms with Gasteiger partial charge in [0.1, 0.15) is 17.8 Å². The summed E-state index contributed by atoms with van der Waals surface area (Å²) in [4.78, 5) is 54.3. The van der Waals surface area contributed by atoms with Crippen molar-refractivity contribution in [3.63, 3.8) is 0 Å². The monoisotopic (exact) mass is 604 g/mol. The van der Waals surface area contributed by atoms with Gasteiger partial charge >= 0.3 is 11.9 Å². The second-order valence-corrected chi connectivity index (χ2v) is 14.7. The van der Waals surface area contributed by atoms with Crippen molar-refractivity contribution in [2.75, 3.05) is 6.61 Å². The van der Waals surface area contributed by atoms with Crippen LogP contribution in [0.15, 0.2) is 11.1 Å². The number of fused-ring (bicyclic) bond motifs is 2. The van der Waals surface area contributed by atoms with Gasteiger partial charge in [-0.05, 0) is 65.0 Å². The lowest BCUT2D eigenvalue weighted by molar-refractivity contribution is -0.341. The number of carbonyl (C=O) groups excluding carboxylic acids is 4. The molecule has 7 rings (SSSR count). The van der Waals surface area contributed by atoms with Crippen molar-refractivity contribution < 1.29 is 58.2 Å². The van der Waals surface area contributed by atoms with Gasteiger partial charge in [-0.25, -0.2) is 4.79 Å². The number of ether oxygens (including phenoxy) is 5. The molecule has 4 saturated heterocycles. The van der Waals surface area contributed by atoms with Gasteiger partial charge in [-0.3, -0.25) is 14.4 Å². The van der Waals surface area contributed by atoms with E-state index in [0.29, 0.717) is 0 Å². The van der Waals surface area contributed by atoms with Crippen molar-refractivity contribution in [3.8, 4) is 0 Å². The van der Waals surface area contributed by atoms with E-state index in [2.05, 4.69) is 0 Å². The van der Waals surface area contributed by atoms with Crippen molar-refractivity contribution in [1.82, 2.24) is 0 Å². The van der Waals surface area contributed by atoms with Gasteiger partial charge in [0.25, 0.3) is 0 Å². The molecule has 12 atom stereocenters. The molecule has 0 radical (unpaired) electrons. The lowest BCUT2D eigenvalue weighted by Crippen LogP contribution is -2.67. The summed E-state index contributed by atoms with van der Waals surface area (Å²) in [6.45, 7) is 9.90. The molecule has 5 heterocycles. The number of aliphatic hydroxyl groups excluding tert-OH is 1. The lowest BCUT2D eigenvalue weighted by Gasteiger charge is -2.50. The molecule has 12 heteroatoms. The maximum Gasteiger partial charge on any atom is 0.341 e. The molecule has 2 spiro atoms. The summed E-state index contributed by atoms with van der Waals surface area (Å²) in [5.74, 6) is -7.92. The molecule has 2 aliphatic carbocycles. The highest BCUT2D eigenvalue weighted by molar-refractivity contribution is 6.00. The fourth-order valence-corrected chi connectivity index (χ4v) is 9.94. The molecule has 5 aliphatic heterocycles. The minimum absolute atomic E-state index is 0.0572. The Morgan fingerprint density at radius 2 is 1.72 bits per heavy atom. The van der Waals surface area contributed by atoms with Crippen LogP contribution in [0.5, 0.6) is 0 Å². The van der Waals surface area contributed by atoms with E-state index in [4.69, 9.17) is 23.7 Å². The summed E-state index contributed by atoms with van der Waals surface area (Å²) in [6.07, 6.45) is -3.98. The molecule has 5 fully saturated rings. The molecule has 0 aromatic heterocycles. The third-order valence-corrected chi connectivity index (χ3v) is 11.7. The molecule has 1 saturated carbocycles. The number of carbonyl (C=O) groups is 4. The van der Waals surface area contributed by atoms with Gasteiger partial charge < -0.3 is 39.0 Å². The Kier molecular flexibility index (Phi) is 5.85. The SMILES string of the molecule is CCOC(=O)C[C@H]1OC(C)(C)C2=C1C[C@]13CC[C@]4(C)C(=O)[C@](C)(O)[C@@H]5[C@H]6OC(=O)[C@](C)(O)[C@H]6O[C@@](O1)(C(=O)[C@@H]3[C@@H](O)C2)[C@@H]54. The Balaban J connectivity index is 1.39. The zero-order chi connectivity index (χ0) is 31.3. The Hall–Kier alpha value is -2.22. The Morgan fingerprint density at radius 3 is 2.40 bits per heavy atom. The smallest absolute Gasteiger partial charge is 0.341 e.